The van der Waals surface area contributed by atoms with Crippen LogP contribution >= 0.6 is 0 Å². The predicted octanol–water partition coefficient (Wildman–Crippen LogP) is 1.99. The first-order valence-corrected chi connectivity index (χ1v) is 6.58. The van der Waals surface area contributed by atoms with E-state index < -0.39 is 34.5 Å². The van der Waals surface area contributed by atoms with E-state index in [0.717, 1.165) is 13.0 Å². The molecule has 7 heteroatoms. The molecule has 2 rings (SSSR count). The van der Waals surface area contributed by atoms with Gasteiger partial charge in [-0.05, 0) is 32.4 Å². The van der Waals surface area contributed by atoms with Crippen LogP contribution in [0.4, 0.5) is 14.5 Å². The number of aromatic carboxylic acids is 1. The molecule has 1 heterocycles. The average Bonchev–Trinajstić information content (AvgIpc) is 2.43. The highest BCUT2D eigenvalue weighted by Crippen LogP contribution is 2.28. The summed E-state index contributed by atoms with van der Waals surface area (Å²) in [6, 6.07) is 1.25. The molecule has 5 nitrogen and oxygen atoms in total. The molecule has 0 aliphatic carbocycles. The summed E-state index contributed by atoms with van der Waals surface area (Å²) in [5.41, 5.74) is -1.42. The van der Waals surface area contributed by atoms with Gasteiger partial charge in [0.2, 0.25) is 5.91 Å². The number of carboxylic acids is 1. The molecule has 1 atom stereocenters. The Bertz CT molecular complexity index is 584. The van der Waals surface area contributed by atoms with Gasteiger partial charge in [0.1, 0.15) is 0 Å². The molecule has 1 aliphatic heterocycles. The highest BCUT2D eigenvalue weighted by molar-refractivity contribution is 6.02. The Hall–Kier alpha value is -2.02. The van der Waals surface area contributed by atoms with Crippen molar-refractivity contribution in [2.24, 2.45) is 5.41 Å². The molecule has 0 aromatic heterocycles. The van der Waals surface area contributed by atoms with Gasteiger partial charge < -0.3 is 15.7 Å². The number of hydrogen-bond acceptors (Lipinski definition) is 3. The van der Waals surface area contributed by atoms with E-state index in [-0.39, 0.29) is 5.69 Å². The molecule has 1 aromatic carbocycles. The fourth-order valence-electron chi connectivity index (χ4n) is 2.35. The van der Waals surface area contributed by atoms with E-state index in [2.05, 4.69) is 10.6 Å². The first-order chi connectivity index (χ1) is 9.83. The summed E-state index contributed by atoms with van der Waals surface area (Å²) >= 11 is 0. The van der Waals surface area contributed by atoms with Crippen molar-refractivity contribution in [3.05, 3.63) is 29.3 Å². The Balaban J connectivity index is 2.28. The summed E-state index contributed by atoms with van der Waals surface area (Å²) in [4.78, 5) is 23.4. The number of piperidine rings is 1. The first-order valence-electron chi connectivity index (χ1n) is 6.58. The fourth-order valence-corrected chi connectivity index (χ4v) is 2.35. The van der Waals surface area contributed by atoms with Gasteiger partial charge in [0, 0.05) is 12.6 Å². The zero-order valence-corrected chi connectivity index (χ0v) is 11.5. The van der Waals surface area contributed by atoms with Crippen LogP contribution < -0.4 is 10.6 Å². The summed E-state index contributed by atoms with van der Waals surface area (Å²) in [5.74, 6) is -4.32. The second kappa shape index (κ2) is 5.77. The highest BCUT2D eigenvalue weighted by atomic mass is 19.2. The van der Waals surface area contributed by atoms with Gasteiger partial charge in [-0.1, -0.05) is 0 Å². The largest absolute Gasteiger partial charge is 0.478 e. The van der Waals surface area contributed by atoms with Crippen LogP contribution in [0.25, 0.3) is 0 Å². The van der Waals surface area contributed by atoms with Gasteiger partial charge >= 0.3 is 5.97 Å². The smallest absolute Gasteiger partial charge is 0.337 e. The van der Waals surface area contributed by atoms with Crippen molar-refractivity contribution in [2.75, 3.05) is 18.4 Å². The zero-order valence-electron chi connectivity index (χ0n) is 11.5. The van der Waals surface area contributed by atoms with Crippen molar-refractivity contribution in [3.63, 3.8) is 0 Å². The number of rotatable bonds is 3. The summed E-state index contributed by atoms with van der Waals surface area (Å²) < 4.78 is 26.4. The number of hydrogen-bond donors (Lipinski definition) is 3. The molecule has 1 aliphatic rings. The van der Waals surface area contributed by atoms with Crippen molar-refractivity contribution in [1.29, 1.82) is 0 Å². The predicted molar refractivity (Wildman–Crippen MR) is 72.2 cm³/mol. The molecule has 3 N–H and O–H groups in total. The third-order valence-corrected chi connectivity index (χ3v) is 3.68. The van der Waals surface area contributed by atoms with E-state index in [0.29, 0.717) is 25.1 Å². The van der Waals surface area contributed by atoms with Crippen molar-refractivity contribution >= 4 is 17.6 Å². The van der Waals surface area contributed by atoms with Gasteiger partial charge in [0.25, 0.3) is 0 Å². The van der Waals surface area contributed by atoms with Gasteiger partial charge in [-0.2, -0.15) is 0 Å². The number of halogens is 2. The second-order valence-corrected chi connectivity index (χ2v) is 5.41. The van der Waals surface area contributed by atoms with E-state index in [1.54, 1.807) is 6.92 Å². The van der Waals surface area contributed by atoms with Crippen LogP contribution in [0.5, 0.6) is 0 Å². The Morgan fingerprint density at radius 1 is 1.33 bits per heavy atom. The number of benzene rings is 1. The van der Waals surface area contributed by atoms with E-state index >= 15 is 0 Å². The Morgan fingerprint density at radius 3 is 2.57 bits per heavy atom. The van der Waals surface area contributed by atoms with E-state index in [4.69, 9.17) is 5.11 Å². The minimum Gasteiger partial charge on any atom is -0.478 e. The monoisotopic (exact) mass is 298 g/mol. The second-order valence-electron chi connectivity index (χ2n) is 5.41. The molecular formula is C14H16F2N2O3. The molecule has 1 amide bonds. The molecular weight excluding hydrogens is 282 g/mol. The normalized spacial score (nSPS) is 21.9. The Kier molecular flexibility index (Phi) is 4.22. The maximum atomic E-state index is 13.3. The number of carboxylic acid groups (broad SMARTS) is 1. The van der Waals surface area contributed by atoms with Gasteiger partial charge in [0.05, 0.1) is 16.7 Å². The molecule has 1 unspecified atom stereocenters. The molecule has 1 saturated heterocycles. The minimum atomic E-state index is -1.43. The Labute approximate surface area is 120 Å². The number of anilines is 1. The third-order valence-electron chi connectivity index (χ3n) is 3.68. The molecule has 21 heavy (non-hydrogen) atoms. The van der Waals surface area contributed by atoms with Gasteiger partial charge in [-0.15, -0.1) is 0 Å². The zero-order chi connectivity index (χ0) is 15.6. The number of nitrogens with one attached hydrogen (secondary N) is 2. The summed E-state index contributed by atoms with van der Waals surface area (Å²) in [6.07, 6.45) is 1.45. The lowest BCUT2D eigenvalue weighted by atomic mass is 9.82. The van der Waals surface area contributed by atoms with Crippen molar-refractivity contribution < 1.29 is 23.5 Å². The molecule has 0 spiro atoms. The topological polar surface area (TPSA) is 78.4 Å². The standard InChI is InChI=1S/C14H16F2N2O3/c1-14(3-2-4-17-7-14)13(21)18-11-6-10(16)9(15)5-8(11)12(19)20/h5-6,17H,2-4,7H2,1H3,(H,18,21)(H,19,20). The number of amides is 1. The van der Waals surface area contributed by atoms with Crippen molar-refractivity contribution in [2.45, 2.75) is 19.8 Å². The molecule has 0 radical (unpaired) electrons. The molecule has 114 valence electrons. The summed E-state index contributed by atoms with van der Waals surface area (Å²) in [7, 11) is 0. The maximum Gasteiger partial charge on any atom is 0.337 e. The minimum absolute atomic E-state index is 0.238. The first kappa shape index (κ1) is 15.4. The molecule has 0 bridgehead atoms. The van der Waals surface area contributed by atoms with Crippen molar-refractivity contribution in [3.8, 4) is 0 Å². The van der Waals surface area contributed by atoms with Crippen LogP contribution in [0.15, 0.2) is 12.1 Å². The maximum absolute atomic E-state index is 13.3. The fraction of sp³-hybridized carbons (Fsp3) is 0.429. The van der Waals surface area contributed by atoms with Crippen LogP contribution in [0.2, 0.25) is 0 Å². The quantitative estimate of drug-likeness (QED) is 0.797. The van der Waals surface area contributed by atoms with Gasteiger partial charge in [0.15, 0.2) is 11.6 Å². The van der Waals surface area contributed by atoms with E-state index in [9.17, 15) is 18.4 Å². The van der Waals surface area contributed by atoms with Crippen LogP contribution in [-0.2, 0) is 4.79 Å². The average molecular weight is 298 g/mol. The molecule has 1 fully saturated rings. The lowest BCUT2D eigenvalue weighted by Gasteiger charge is -2.32. The molecule has 1 aromatic rings. The van der Waals surface area contributed by atoms with Crippen LogP contribution in [0, 0.1) is 17.0 Å². The van der Waals surface area contributed by atoms with Gasteiger partial charge in [-0.25, -0.2) is 13.6 Å². The van der Waals surface area contributed by atoms with Crippen molar-refractivity contribution in [1.82, 2.24) is 5.32 Å². The summed E-state index contributed by atoms with van der Waals surface area (Å²) in [6.45, 7) is 3.01. The molecule has 0 saturated carbocycles. The van der Waals surface area contributed by atoms with Crippen LogP contribution in [-0.4, -0.2) is 30.1 Å². The SMILES string of the molecule is CC1(C(=O)Nc2cc(F)c(F)cc2C(=O)O)CCCNC1. The van der Waals surface area contributed by atoms with Crippen LogP contribution in [0.1, 0.15) is 30.1 Å². The van der Waals surface area contributed by atoms with E-state index in [1.165, 1.54) is 0 Å². The van der Waals surface area contributed by atoms with Crippen LogP contribution in [0.3, 0.4) is 0 Å². The number of carbonyl (C=O) groups is 2. The highest BCUT2D eigenvalue weighted by Gasteiger charge is 2.35. The lowest BCUT2D eigenvalue weighted by Crippen LogP contribution is -2.46. The summed E-state index contributed by atoms with van der Waals surface area (Å²) in [5, 5.41) is 14.5. The third kappa shape index (κ3) is 3.18. The lowest BCUT2D eigenvalue weighted by molar-refractivity contribution is -0.125. The van der Waals surface area contributed by atoms with Gasteiger partial charge in [-0.3, -0.25) is 4.79 Å². The number of carbonyl (C=O) groups excluding carboxylic acids is 1. The Morgan fingerprint density at radius 2 is 2.00 bits per heavy atom. The van der Waals surface area contributed by atoms with E-state index in [1.807, 2.05) is 0 Å².